The molecule has 1 aromatic rings. The van der Waals surface area contributed by atoms with Gasteiger partial charge in [-0.15, -0.1) is 0 Å². The number of amides is 2. The van der Waals surface area contributed by atoms with Gasteiger partial charge in [-0.2, -0.15) is 0 Å². The van der Waals surface area contributed by atoms with Crippen LogP contribution in [0.15, 0.2) is 24.3 Å². The van der Waals surface area contributed by atoms with E-state index in [9.17, 15) is 4.79 Å². The van der Waals surface area contributed by atoms with E-state index in [1.54, 1.807) is 7.05 Å². The summed E-state index contributed by atoms with van der Waals surface area (Å²) in [5.41, 5.74) is 2.08. The predicted molar refractivity (Wildman–Crippen MR) is 58.1 cm³/mol. The van der Waals surface area contributed by atoms with Crippen LogP contribution in [-0.2, 0) is 6.42 Å². The predicted octanol–water partition coefficient (Wildman–Crippen LogP) is 2.49. The molecule has 13 heavy (non-hydrogen) atoms. The molecular weight excluding hydrogens is 164 g/mol. The molecule has 3 heteroatoms. The highest BCUT2D eigenvalue weighted by Gasteiger charge is 1.96. The Labute approximate surface area is 81.1 Å². The first-order valence-corrected chi connectivity index (χ1v) is 4.34. The van der Waals surface area contributed by atoms with Gasteiger partial charge in [0, 0.05) is 15.6 Å². The number of hydrogen-bond acceptors (Lipinski definition) is 1. The quantitative estimate of drug-likeness (QED) is 0.725. The molecule has 0 aliphatic heterocycles. The van der Waals surface area contributed by atoms with E-state index < -0.39 is 0 Å². The maximum Gasteiger partial charge on any atom is 0.318 e. The van der Waals surface area contributed by atoms with E-state index in [0.29, 0.717) is 0 Å². The van der Waals surface area contributed by atoms with Crippen molar-refractivity contribution in [1.29, 1.82) is 0 Å². The molecule has 0 fully saturated rings. The van der Waals surface area contributed by atoms with Crippen molar-refractivity contribution in [2.75, 3.05) is 12.4 Å². The third kappa shape index (κ3) is 2.78. The van der Waals surface area contributed by atoms with Crippen LogP contribution in [0.3, 0.4) is 0 Å². The lowest BCUT2D eigenvalue weighted by molar-refractivity contribution is 0.254. The second-order valence-electron chi connectivity index (χ2n) is 2.75. The van der Waals surface area contributed by atoms with E-state index >= 15 is 0 Å². The standard InChI is InChI=1S/C10H14N2O.2H2/c1-3-8-4-6-9(7-5-8)12-10(13)11-2;;/h4-7H,3H2,1-2H3,(H2,11,12,13);2*1H. The van der Waals surface area contributed by atoms with E-state index in [1.165, 1.54) is 5.56 Å². The first-order valence-electron chi connectivity index (χ1n) is 4.34. The van der Waals surface area contributed by atoms with Gasteiger partial charge in [0.05, 0.1) is 0 Å². The minimum Gasteiger partial charge on any atom is -0.341 e. The maximum atomic E-state index is 10.9. The summed E-state index contributed by atoms with van der Waals surface area (Å²) >= 11 is 0. The monoisotopic (exact) mass is 182 g/mol. The van der Waals surface area contributed by atoms with E-state index in [-0.39, 0.29) is 8.88 Å². The molecule has 0 spiro atoms. The van der Waals surface area contributed by atoms with Crippen LogP contribution in [0.1, 0.15) is 15.3 Å². The molecule has 0 saturated carbocycles. The molecule has 1 rings (SSSR count). The second-order valence-corrected chi connectivity index (χ2v) is 2.75. The number of aryl methyl sites for hydroxylation is 1. The van der Waals surface area contributed by atoms with Gasteiger partial charge in [-0.25, -0.2) is 4.79 Å². The van der Waals surface area contributed by atoms with Crippen molar-refractivity contribution in [1.82, 2.24) is 5.32 Å². The molecule has 0 radical (unpaired) electrons. The highest BCUT2D eigenvalue weighted by atomic mass is 16.2. The van der Waals surface area contributed by atoms with Crippen LogP contribution in [-0.4, -0.2) is 13.1 Å². The van der Waals surface area contributed by atoms with Gasteiger partial charge in [-0.1, -0.05) is 19.1 Å². The van der Waals surface area contributed by atoms with Crippen LogP contribution in [0.5, 0.6) is 0 Å². The average Bonchev–Trinajstić information content (AvgIpc) is 2.19. The van der Waals surface area contributed by atoms with Gasteiger partial charge in [0.25, 0.3) is 0 Å². The topological polar surface area (TPSA) is 41.1 Å². The molecule has 0 aliphatic carbocycles. The van der Waals surface area contributed by atoms with Crippen LogP contribution >= 0.6 is 0 Å². The zero-order valence-corrected chi connectivity index (χ0v) is 7.92. The Hall–Kier alpha value is -1.51. The van der Waals surface area contributed by atoms with Crippen molar-refractivity contribution in [2.24, 2.45) is 0 Å². The largest absolute Gasteiger partial charge is 0.341 e. The molecule has 3 nitrogen and oxygen atoms in total. The number of carbonyl (C=O) groups excluding carboxylic acids is 1. The Balaban J connectivity index is 0. The molecule has 1 aromatic carbocycles. The summed E-state index contributed by atoms with van der Waals surface area (Å²) in [6.45, 7) is 2.10. The minimum absolute atomic E-state index is 0. The first-order chi connectivity index (χ1) is 6.26. The van der Waals surface area contributed by atoms with Gasteiger partial charge < -0.3 is 10.6 Å². The Morgan fingerprint density at radius 3 is 2.46 bits per heavy atom. The molecule has 0 aliphatic rings. The van der Waals surface area contributed by atoms with Crippen molar-refractivity contribution < 1.29 is 7.65 Å². The fourth-order valence-electron chi connectivity index (χ4n) is 1.02. The van der Waals surface area contributed by atoms with Crippen molar-refractivity contribution in [3.8, 4) is 0 Å². The minimum atomic E-state index is -0.191. The highest BCUT2D eigenvalue weighted by molar-refractivity contribution is 5.88. The number of carbonyl (C=O) groups is 1. The highest BCUT2D eigenvalue weighted by Crippen LogP contribution is 2.09. The normalized spacial score (nSPS) is 9.38. The first kappa shape index (κ1) is 9.58. The van der Waals surface area contributed by atoms with Crippen LogP contribution in [0.4, 0.5) is 10.5 Å². The summed E-state index contributed by atoms with van der Waals surface area (Å²) in [7, 11) is 1.59. The molecular formula is C10H18N2O. The Bertz CT molecular complexity index is 288. The van der Waals surface area contributed by atoms with E-state index in [2.05, 4.69) is 17.6 Å². The van der Waals surface area contributed by atoms with Crippen LogP contribution in [0.25, 0.3) is 0 Å². The van der Waals surface area contributed by atoms with Crippen molar-refractivity contribution in [2.45, 2.75) is 13.3 Å². The molecule has 2 N–H and O–H groups in total. The van der Waals surface area contributed by atoms with Crippen LogP contribution in [0, 0.1) is 0 Å². The molecule has 0 bridgehead atoms. The number of urea groups is 1. The lowest BCUT2D eigenvalue weighted by atomic mass is 10.1. The van der Waals surface area contributed by atoms with Gasteiger partial charge in [0.2, 0.25) is 0 Å². The maximum absolute atomic E-state index is 10.9. The molecule has 74 valence electrons. The third-order valence-electron chi connectivity index (χ3n) is 1.85. The van der Waals surface area contributed by atoms with Gasteiger partial charge in [-0.3, -0.25) is 0 Å². The molecule has 0 aromatic heterocycles. The number of hydrogen-bond donors (Lipinski definition) is 2. The van der Waals surface area contributed by atoms with Gasteiger partial charge in [0.15, 0.2) is 0 Å². The number of nitrogens with one attached hydrogen (secondary N) is 2. The van der Waals surface area contributed by atoms with Gasteiger partial charge in [-0.05, 0) is 24.1 Å². The Kier molecular flexibility index (Phi) is 3.31. The fraction of sp³-hybridized carbons (Fsp3) is 0.300. The summed E-state index contributed by atoms with van der Waals surface area (Å²) in [4.78, 5) is 10.9. The lowest BCUT2D eigenvalue weighted by Crippen LogP contribution is -2.24. The summed E-state index contributed by atoms with van der Waals surface area (Å²) in [5, 5.41) is 5.18. The van der Waals surface area contributed by atoms with Crippen molar-refractivity contribution in [3.05, 3.63) is 29.8 Å². The Morgan fingerprint density at radius 1 is 1.38 bits per heavy atom. The zero-order valence-electron chi connectivity index (χ0n) is 7.92. The van der Waals surface area contributed by atoms with Crippen molar-refractivity contribution in [3.63, 3.8) is 0 Å². The molecule has 0 unspecified atom stereocenters. The van der Waals surface area contributed by atoms with Crippen LogP contribution in [0.2, 0.25) is 0 Å². The summed E-state index contributed by atoms with van der Waals surface area (Å²) in [6, 6.07) is 7.61. The number of benzene rings is 1. The molecule has 2 amide bonds. The number of anilines is 1. The summed E-state index contributed by atoms with van der Waals surface area (Å²) < 4.78 is 0. The fourth-order valence-corrected chi connectivity index (χ4v) is 1.02. The SMILES string of the molecule is CCc1ccc(NC(=O)NC)cc1.[HH].[HH]. The van der Waals surface area contributed by atoms with E-state index in [0.717, 1.165) is 12.1 Å². The third-order valence-corrected chi connectivity index (χ3v) is 1.85. The average molecular weight is 182 g/mol. The van der Waals surface area contributed by atoms with Gasteiger partial charge in [0.1, 0.15) is 0 Å². The Morgan fingerprint density at radius 2 is 2.00 bits per heavy atom. The summed E-state index contributed by atoms with van der Waals surface area (Å²) in [5.74, 6) is 0. The van der Waals surface area contributed by atoms with Crippen molar-refractivity contribution >= 4 is 11.7 Å². The smallest absolute Gasteiger partial charge is 0.318 e. The van der Waals surface area contributed by atoms with Crippen LogP contribution < -0.4 is 10.6 Å². The number of rotatable bonds is 2. The van der Waals surface area contributed by atoms with E-state index in [4.69, 9.17) is 0 Å². The van der Waals surface area contributed by atoms with E-state index in [1.807, 2.05) is 24.3 Å². The zero-order chi connectivity index (χ0) is 9.68. The lowest BCUT2D eigenvalue weighted by Gasteiger charge is -2.04. The molecule has 0 heterocycles. The molecule has 0 atom stereocenters. The van der Waals surface area contributed by atoms with Gasteiger partial charge >= 0.3 is 6.03 Å². The molecule has 0 saturated heterocycles. The summed E-state index contributed by atoms with van der Waals surface area (Å²) in [6.07, 6.45) is 1.01. The second kappa shape index (κ2) is 4.50.